The van der Waals surface area contributed by atoms with E-state index in [0.29, 0.717) is 0 Å². The van der Waals surface area contributed by atoms with E-state index in [2.05, 4.69) is 54.5 Å². The van der Waals surface area contributed by atoms with Crippen molar-refractivity contribution in [1.29, 1.82) is 0 Å². The maximum Gasteiger partial charge on any atom is 0.0104 e. The van der Waals surface area contributed by atoms with Crippen LogP contribution in [0.25, 0.3) is 0 Å². The van der Waals surface area contributed by atoms with Gasteiger partial charge in [-0.15, -0.1) is 0 Å². The number of nitrogens with zero attached hydrogens (tertiary/aromatic N) is 1. The number of hydrogen-bond acceptors (Lipinski definition) is 2. The molecule has 0 aliphatic carbocycles. The average molecular weight is 354 g/mol. The molecule has 2 nitrogen and oxygen atoms in total. The first-order valence-corrected chi connectivity index (χ1v) is 9.22. The molecule has 9 heavy (non-hydrogen) atoms. The largest absolute Gasteiger partial charge is 0.314 e. The lowest BCUT2D eigenvalue weighted by Crippen LogP contribution is -2.40. The molecule has 56 valence electrons. The van der Waals surface area contributed by atoms with Crippen LogP contribution in [0, 0.1) is 0 Å². The summed E-state index contributed by atoms with van der Waals surface area (Å²) in [7, 11) is 2.15. The van der Waals surface area contributed by atoms with Gasteiger partial charge in [-0.2, -0.15) is 0 Å². The monoisotopic (exact) mass is 354 g/mol. The number of piperazine rings is 1. The van der Waals surface area contributed by atoms with Gasteiger partial charge in [0, 0.05) is 63.4 Å². The maximum absolute atomic E-state index is 3.27. The Morgan fingerprint density at radius 2 is 1.67 bits per heavy atom. The third-order valence-electron chi connectivity index (χ3n) is 1.34. The van der Waals surface area contributed by atoms with Crippen LogP contribution in [0.1, 0.15) is 0 Å². The Labute approximate surface area is 80.1 Å². The zero-order chi connectivity index (χ0) is 7.11. The smallest absolute Gasteiger partial charge is 0.0104 e. The molecule has 1 rings (SSSR count). The van der Waals surface area contributed by atoms with E-state index in [1.165, 1.54) is 13.1 Å². The molecule has 0 bridgehead atoms. The predicted molar refractivity (Wildman–Crippen MR) is 58.4 cm³/mol. The molecule has 1 fully saturated rings. The first-order chi connectivity index (χ1) is 4.39. The van der Waals surface area contributed by atoms with Crippen LogP contribution < -0.4 is 5.32 Å². The molecule has 1 aliphatic rings. The molecule has 0 amide bonds. The summed E-state index contributed by atoms with van der Waals surface area (Å²) in [5, 5.41) is 3.27. The van der Waals surface area contributed by atoms with Crippen molar-refractivity contribution in [2.24, 2.45) is 0 Å². The van der Waals surface area contributed by atoms with Gasteiger partial charge < -0.3 is 10.2 Å². The molecule has 0 saturated carbocycles. The van der Waals surface area contributed by atoms with E-state index < -0.39 is 0 Å². The molecule has 0 radical (unpaired) electrons. The standard InChI is InChI=1S/C5H12N2.I2/c1-7-4-2-6-3-5-7;1-2/h6H,2-5H2,1H3;. The summed E-state index contributed by atoms with van der Waals surface area (Å²) in [5.74, 6) is 0. The van der Waals surface area contributed by atoms with E-state index in [4.69, 9.17) is 0 Å². The van der Waals surface area contributed by atoms with Gasteiger partial charge in [0.1, 0.15) is 0 Å². The highest BCUT2D eigenvalue weighted by Gasteiger charge is 2.01. The highest BCUT2D eigenvalue weighted by atomic mass is 128. The van der Waals surface area contributed by atoms with Crippen LogP contribution in [0.5, 0.6) is 0 Å². The van der Waals surface area contributed by atoms with Crippen LogP contribution in [0.15, 0.2) is 0 Å². The van der Waals surface area contributed by atoms with Crippen molar-refractivity contribution in [2.45, 2.75) is 0 Å². The molecule has 0 aromatic heterocycles. The quantitative estimate of drug-likeness (QED) is 0.660. The Kier molecular flexibility index (Phi) is 8.63. The minimum Gasteiger partial charge on any atom is -0.314 e. The van der Waals surface area contributed by atoms with Gasteiger partial charge in [0.25, 0.3) is 0 Å². The van der Waals surface area contributed by atoms with Crippen LogP contribution in [0.3, 0.4) is 0 Å². The fourth-order valence-electron chi connectivity index (χ4n) is 0.777. The van der Waals surface area contributed by atoms with E-state index in [0.717, 1.165) is 13.1 Å². The summed E-state index contributed by atoms with van der Waals surface area (Å²) < 4.78 is 0. The first-order valence-electron chi connectivity index (χ1n) is 2.93. The molecular weight excluding hydrogens is 342 g/mol. The zero-order valence-corrected chi connectivity index (χ0v) is 9.85. The molecule has 1 heterocycles. The molecule has 1 N–H and O–H groups in total. The summed E-state index contributed by atoms with van der Waals surface area (Å²) in [5.41, 5.74) is 0. The Bertz CT molecular complexity index is 54.9. The Morgan fingerprint density at radius 1 is 1.22 bits per heavy atom. The van der Waals surface area contributed by atoms with Crippen LogP contribution in [0.4, 0.5) is 0 Å². The van der Waals surface area contributed by atoms with Crippen molar-refractivity contribution in [2.75, 3.05) is 33.2 Å². The molecule has 4 heteroatoms. The number of rotatable bonds is 0. The van der Waals surface area contributed by atoms with Gasteiger partial charge in [-0.1, -0.05) is 0 Å². The van der Waals surface area contributed by atoms with E-state index in [1.54, 1.807) is 0 Å². The van der Waals surface area contributed by atoms with Crippen LogP contribution in [0.2, 0.25) is 0 Å². The summed E-state index contributed by atoms with van der Waals surface area (Å²) in [6, 6.07) is 0. The van der Waals surface area contributed by atoms with Crippen molar-refractivity contribution in [3.8, 4) is 0 Å². The van der Waals surface area contributed by atoms with Gasteiger partial charge in [-0.3, -0.25) is 0 Å². The molecule has 0 spiro atoms. The molecule has 0 atom stereocenters. The van der Waals surface area contributed by atoms with E-state index in [1.807, 2.05) is 0 Å². The lowest BCUT2D eigenvalue weighted by molar-refractivity contribution is 0.291. The molecule has 0 unspecified atom stereocenters. The molecule has 0 aromatic carbocycles. The number of nitrogens with one attached hydrogen (secondary N) is 1. The predicted octanol–water partition coefficient (Wildman–Crippen LogP) is 1.29. The SMILES string of the molecule is CN1CCNCC1.II. The average Bonchev–Trinajstić information content (AvgIpc) is 1.94. The van der Waals surface area contributed by atoms with Gasteiger partial charge in [0.2, 0.25) is 0 Å². The molecule has 1 aliphatic heterocycles. The lowest BCUT2D eigenvalue weighted by atomic mass is 10.4. The number of hydrogen-bond donors (Lipinski definition) is 1. The van der Waals surface area contributed by atoms with E-state index >= 15 is 0 Å². The second kappa shape index (κ2) is 7.49. The van der Waals surface area contributed by atoms with Crippen molar-refractivity contribution in [3.63, 3.8) is 0 Å². The summed E-state index contributed by atoms with van der Waals surface area (Å²) in [6.45, 7) is 4.74. The topological polar surface area (TPSA) is 15.3 Å². The maximum atomic E-state index is 3.27. The van der Waals surface area contributed by atoms with Crippen molar-refractivity contribution < 1.29 is 0 Å². The second-order valence-corrected chi connectivity index (χ2v) is 2.05. The van der Waals surface area contributed by atoms with Gasteiger partial charge in [0.05, 0.1) is 0 Å². The minimum atomic E-state index is 1.16. The Hall–Kier alpha value is 1.38. The van der Waals surface area contributed by atoms with Crippen LogP contribution in [-0.4, -0.2) is 38.1 Å². The van der Waals surface area contributed by atoms with Gasteiger partial charge in [0.15, 0.2) is 0 Å². The second-order valence-electron chi connectivity index (χ2n) is 2.05. The van der Waals surface area contributed by atoms with Crippen LogP contribution >= 0.6 is 37.2 Å². The molecule has 0 aromatic rings. The Morgan fingerprint density at radius 3 is 1.89 bits per heavy atom. The summed E-state index contributed by atoms with van der Waals surface area (Å²) in [4.78, 5) is 2.33. The van der Waals surface area contributed by atoms with Gasteiger partial charge >= 0.3 is 0 Å². The Balaban J connectivity index is 0.000000291. The van der Waals surface area contributed by atoms with E-state index in [9.17, 15) is 0 Å². The summed E-state index contributed by atoms with van der Waals surface area (Å²) >= 11 is 4.24. The zero-order valence-electron chi connectivity index (χ0n) is 5.53. The lowest BCUT2D eigenvalue weighted by Gasteiger charge is -2.21. The minimum absolute atomic E-state index is 1.16. The third kappa shape index (κ3) is 5.81. The highest BCUT2D eigenvalue weighted by molar-refractivity contribution is 15.0. The van der Waals surface area contributed by atoms with Crippen molar-refractivity contribution in [3.05, 3.63) is 0 Å². The normalized spacial score (nSPS) is 20.3. The fraction of sp³-hybridized carbons (Fsp3) is 1.00. The molecular formula is C5H12I2N2. The van der Waals surface area contributed by atoms with Gasteiger partial charge in [-0.05, 0) is 7.05 Å². The number of halogens is 2. The first kappa shape index (κ1) is 10.4. The number of likely N-dealkylation sites (N-methyl/N-ethyl adjacent to an activating group) is 1. The fourth-order valence-corrected chi connectivity index (χ4v) is 0.777. The van der Waals surface area contributed by atoms with Crippen LogP contribution in [-0.2, 0) is 0 Å². The molecule has 1 saturated heterocycles. The van der Waals surface area contributed by atoms with Crippen molar-refractivity contribution >= 4 is 37.2 Å². The van der Waals surface area contributed by atoms with Gasteiger partial charge in [-0.25, -0.2) is 0 Å². The van der Waals surface area contributed by atoms with Crippen molar-refractivity contribution in [1.82, 2.24) is 10.2 Å². The van der Waals surface area contributed by atoms with E-state index in [-0.39, 0.29) is 0 Å². The highest BCUT2D eigenvalue weighted by Crippen LogP contribution is 1.89. The summed E-state index contributed by atoms with van der Waals surface area (Å²) in [6.07, 6.45) is 0. The third-order valence-corrected chi connectivity index (χ3v) is 1.34.